The average Bonchev–Trinajstić information content (AvgIpc) is 2.48. The second-order valence-corrected chi connectivity index (χ2v) is 5.58. The lowest BCUT2D eigenvalue weighted by Gasteiger charge is -2.25. The van der Waals surface area contributed by atoms with Crippen molar-refractivity contribution in [1.82, 2.24) is 4.98 Å². The Kier molecular flexibility index (Phi) is 3.83. The molecule has 0 saturated carbocycles. The normalized spacial score (nSPS) is 17.4. The lowest BCUT2D eigenvalue weighted by atomic mass is 9.89. The number of halogens is 1. The first-order valence-corrected chi connectivity index (χ1v) is 7.44. The van der Waals surface area contributed by atoms with Gasteiger partial charge in [-0.25, -0.2) is 9.78 Å². The van der Waals surface area contributed by atoms with Gasteiger partial charge in [0.1, 0.15) is 10.7 Å². The number of carbonyl (C=O) groups excluding carboxylic acids is 1. The maximum absolute atomic E-state index is 12.3. The molecule has 0 amide bonds. The number of ether oxygens (including phenoxy) is 1. The highest BCUT2D eigenvalue weighted by molar-refractivity contribution is 9.10. The smallest absolute Gasteiger partial charge is 0.341 e. The number of hydrogen-bond donors (Lipinski definition) is 0. The number of hydrogen-bond acceptors (Lipinski definition) is 3. The Labute approximate surface area is 126 Å². The molecule has 0 aliphatic heterocycles. The first-order valence-electron chi connectivity index (χ1n) is 6.65. The van der Waals surface area contributed by atoms with Crippen LogP contribution >= 0.6 is 15.9 Å². The van der Waals surface area contributed by atoms with E-state index in [-0.39, 0.29) is 12.1 Å². The van der Waals surface area contributed by atoms with Gasteiger partial charge in [0.05, 0.1) is 5.56 Å². The fraction of sp³-hybridized carbons (Fsp3) is 0.250. The Bertz CT molecular complexity index is 642. The second-order valence-electron chi connectivity index (χ2n) is 4.83. The third-order valence-electron chi connectivity index (χ3n) is 3.54. The zero-order valence-corrected chi connectivity index (χ0v) is 12.5. The Balaban J connectivity index is 1.83. The van der Waals surface area contributed by atoms with Crippen LogP contribution in [0, 0.1) is 0 Å². The van der Waals surface area contributed by atoms with Gasteiger partial charge in [-0.05, 0) is 58.5 Å². The van der Waals surface area contributed by atoms with E-state index in [1.807, 2.05) is 18.2 Å². The molecule has 1 aromatic carbocycles. The van der Waals surface area contributed by atoms with Crippen molar-refractivity contribution in [3.63, 3.8) is 0 Å². The van der Waals surface area contributed by atoms with Crippen molar-refractivity contribution in [2.45, 2.75) is 25.4 Å². The summed E-state index contributed by atoms with van der Waals surface area (Å²) in [5.74, 6) is -0.327. The van der Waals surface area contributed by atoms with Crippen molar-refractivity contribution in [3.05, 3.63) is 63.9 Å². The van der Waals surface area contributed by atoms with Gasteiger partial charge in [0, 0.05) is 6.20 Å². The van der Waals surface area contributed by atoms with Gasteiger partial charge in [0.15, 0.2) is 0 Å². The van der Waals surface area contributed by atoms with Gasteiger partial charge in [-0.3, -0.25) is 0 Å². The number of esters is 1. The molecule has 1 aliphatic carbocycles. The summed E-state index contributed by atoms with van der Waals surface area (Å²) < 4.78 is 6.20. The van der Waals surface area contributed by atoms with Gasteiger partial charge in [0.2, 0.25) is 0 Å². The molecule has 0 radical (unpaired) electrons. The molecular weight excluding hydrogens is 318 g/mol. The molecule has 0 fully saturated rings. The number of fused-ring (bicyclic) bond motifs is 1. The summed E-state index contributed by atoms with van der Waals surface area (Å²) in [6, 6.07) is 11.6. The van der Waals surface area contributed by atoms with Crippen molar-refractivity contribution in [1.29, 1.82) is 0 Å². The third kappa shape index (κ3) is 2.61. The topological polar surface area (TPSA) is 39.2 Å². The summed E-state index contributed by atoms with van der Waals surface area (Å²) in [6.07, 6.45) is 4.46. The molecule has 0 spiro atoms. The largest absolute Gasteiger partial charge is 0.454 e. The van der Waals surface area contributed by atoms with Crippen LogP contribution in [0.5, 0.6) is 0 Å². The van der Waals surface area contributed by atoms with Gasteiger partial charge in [-0.2, -0.15) is 0 Å². The van der Waals surface area contributed by atoms with Crippen molar-refractivity contribution in [3.8, 4) is 0 Å². The molecule has 3 rings (SSSR count). The van der Waals surface area contributed by atoms with Crippen LogP contribution in [0.15, 0.2) is 47.2 Å². The summed E-state index contributed by atoms with van der Waals surface area (Å²) >= 11 is 3.28. The summed E-state index contributed by atoms with van der Waals surface area (Å²) in [5.41, 5.74) is 2.88. The van der Waals surface area contributed by atoms with Crippen molar-refractivity contribution < 1.29 is 9.53 Å². The van der Waals surface area contributed by atoms with E-state index in [1.165, 1.54) is 5.56 Å². The third-order valence-corrected chi connectivity index (χ3v) is 4.17. The summed E-state index contributed by atoms with van der Waals surface area (Å²) in [6.45, 7) is 0. The molecule has 20 heavy (non-hydrogen) atoms. The Hall–Kier alpha value is -1.68. The predicted octanol–water partition coefficient (Wildman–Crippen LogP) is 4.08. The van der Waals surface area contributed by atoms with E-state index in [4.69, 9.17) is 4.74 Å². The van der Waals surface area contributed by atoms with Gasteiger partial charge >= 0.3 is 5.97 Å². The second kappa shape index (κ2) is 5.75. The molecule has 1 atom stereocenters. The number of aryl methyl sites for hydroxylation is 1. The molecule has 0 N–H and O–H groups in total. The van der Waals surface area contributed by atoms with E-state index in [2.05, 4.69) is 27.0 Å². The van der Waals surface area contributed by atoms with Crippen LogP contribution in [-0.2, 0) is 11.2 Å². The molecule has 1 unspecified atom stereocenters. The summed E-state index contributed by atoms with van der Waals surface area (Å²) in [4.78, 5) is 16.3. The highest BCUT2D eigenvalue weighted by Crippen LogP contribution is 2.33. The van der Waals surface area contributed by atoms with Crippen LogP contribution < -0.4 is 0 Å². The number of aromatic nitrogens is 1. The Morgan fingerprint density at radius 3 is 2.95 bits per heavy atom. The highest BCUT2D eigenvalue weighted by atomic mass is 79.9. The fourth-order valence-electron chi connectivity index (χ4n) is 2.56. The Morgan fingerprint density at radius 2 is 2.10 bits per heavy atom. The molecule has 1 aromatic heterocycles. The van der Waals surface area contributed by atoms with Crippen LogP contribution in [-0.4, -0.2) is 11.0 Å². The first-order chi connectivity index (χ1) is 9.75. The van der Waals surface area contributed by atoms with Gasteiger partial charge in [-0.15, -0.1) is 0 Å². The van der Waals surface area contributed by atoms with E-state index < -0.39 is 0 Å². The van der Waals surface area contributed by atoms with Gasteiger partial charge in [-0.1, -0.05) is 24.3 Å². The van der Waals surface area contributed by atoms with Crippen LogP contribution in [0.1, 0.15) is 40.4 Å². The van der Waals surface area contributed by atoms with Crippen LogP contribution in [0.2, 0.25) is 0 Å². The van der Waals surface area contributed by atoms with Crippen LogP contribution in [0.4, 0.5) is 0 Å². The lowest BCUT2D eigenvalue weighted by Crippen LogP contribution is -2.17. The molecule has 102 valence electrons. The number of carbonyl (C=O) groups is 1. The molecule has 1 aliphatic rings. The van der Waals surface area contributed by atoms with E-state index >= 15 is 0 Å². The van der Waals surface area contributed by atoms with E-state index in [0.717, 1.165) is 24.8 Å². The van der Waals surface area contributed by atoms with Crippen molar-refractivity contribution >= 4 is 21.9 Å². The minimum absolute atomic E-state index is 0.153. The summed E-state index contributed by atoms with van der Waals surface area (Å²) in [5, 5.41) is 0. The highest BCUT2D eigenvalue weighted by Gasteiger charge is 2.24. The molecule has 0 bridgehead atoms. The van der Waals surface area contributed by atoms with E-state index in [1.54, 1.807) is 18.3 Å². The maximum atomic E-state index is 12.3. The molecule has 1 heterocycles. The van der Waals surface area contributed by atoms with Crippen molar-refractivity contribution in [2.24, 2.45) is 0 Å². The number of pyridine rings is 1. The lowest BCUT2D eigenvalue weighted by molar-refractivity contribution is 0.0255. The quantitative estimate of drug-likeness (QED) is 0.614. The van der Waals surface area contributed by atoms with Gasteiger partial charge in [0.25, 0.3) is 0 Å². The van der Waals surface area contributed by atoms with Gasteiger partial charge < -0.3 is 4.74 Å². The maximum Gasteiger partial charge on any atom is 0.341 e. The predicted molar refractivity (Wildman–Crippen MR) is 79.5 cm³/mol. The van der Waals surface area contributed by atoms with Crippen molar-refractivity contribution in [2.75, 3.05) is 0 Å². The SMILES string of the molecule is O=C(OC1CCCc2ccccc21)c1cccnc1Br. The molecule has 2 aromatic rings. The average molecular weight is 332 g/mol. The molecular formula is C16H14BrNO2. The standard InChI is InChI=1S/C16H14BrNO2/c17-15-13(8-4-10-18-15)16(19)20-14-9-3-6-11-5-1-2-7-12(11)14/h1-2,4-5,7-8,10,14H,3,6,9H2. The molecule has 0 saturated heterocycles. The fourth-order valence-corrected chi connectivity index (χ4v) is 2.98. The monoisotopic (exact) mass is 331 g/mol. The number of benzene rings is 1. The number of rotatable bonds is 2. The zero-order chi connectivity index (χ0) is 13.9. The van der Waals surface area contributed by atoms with Crippen LogP contribution in [0.3, 0.4) is 0 Å². The van der Waals surface area contributed by atoms with E-state index in [0.29, 0.717) is 10.2 Å². The number of nitrogens with zero attached hydrogens (tertiary/aromatic N) is 1. The summed E-state index contributed by atoms with van der Waals surface area (Å²) in [7, 11) is 0. The minimum Gasteiger partial charge on any atom is -0.454 e. The van der Waals surface area contributed by atoms with Crippen LogP contribution in [0.25, 0.3) is 0 Å². The molecule has 4 heteroatoms. The molecule has 3 nitrogen and oxygen atoms in total. The minimum atomic E-state index is -0.327. The zero-order valence-electron chi connectivity index (χ0n) is 10.9. The Morgan fingerprint density at radius 1 is 1.25 bits per heavy atom. The first kappa shape index (κ1) is 13.3. The van der Waals surface area contributed by atoms with E-state index in [9.17, 15) is 4.79 Å².